The zero-order valence-electron chi connectivity index (χ0n) is 42.4. The van der Waals surface area contributed by atoms with Gasteiger partial charge in [0.25, 0.3) is 0 Å². The maximum atomic E-state index is 13.5. The molecule has 0 saturated heterocycles. The third-order valence-electron chi connectivity index (χ3n) is 11.3. The van der Waals surface area contributed by atoms with Gasteiger partial charge in [0.1, 0.15) is 11.5 Å². The van der Waals surface area contributed by atoms with Crippen molar-refractivity contribution < 1.29 is 28.9 Å². The van der Waals surface area contributed by atoms with Crippen LogP contribution in [0.4, 0.5) is 23.3 Å². The Morgan fingerprint density at radius 2 is 0.958 bits per heavy atom. The van der Waals surface area contributed by atoms with E-state index in [0.717, 1.165) is 66.9 Å². The zero-order valence-corrected chi connectivity index (χ0v) is 42.4. The first-order valence-corrected chi connectivity index (χ1v) is 23.7. The monoisotopic (exact) mass is 974 g/mol. The Kier molecular flexibility index (Phi) is 18.8. The number of carboxylic acid groups (broad SMARTS) is 1. The minimum absolute atomic E-state index is 0.0289. The minimum atomic E-state index is -1.10. The second-order valence-electron chi connectivity index (χ2n) is 18.0. The number of anilines is 4. The summed E-state index contributed by atoms with van der Waals surface area (Å²) in [7, 11) is 1.27. The number of carboxylic acids is 1. The van der Waals surface area contributed by atoms with Crippen LogP contribution < -0.4 is 42.9 Å². The second-order valence-corrected chi connectivity index (χ2v) is 18.0. The Balaban J connectivity index is 0.000000264. The third-order valence-corrected chi connectivity index (χ3v) is 11.3. The van der Waals surface area contributed by atoms with E-state index in [2.05, 4.69) is 20.6 Å². The molecule has 6 aromatic rings. The van der Waals surface area contributed by atoms with Crippen LogP contribution in [-0.4, -0.2) is 64.6 Å². The summed E-state index contributed by atoms with van der Waals surface area (Å²) < 4.78 is 21.1. The number of hydrogen-bond acceptors (Lipinski definition) is 13. The van der Waals surface area contributed by atoms with E-state index >= 15 is 0 Å². The first kappa shape index (κ1) is 54.2. The van der Waals surface area contributed by atoms with Gasteiger partial charge in [-0.25, -0.2) is 28.3 Å². The average Bonchev–Trinajstić information content (AvgIpc) is 3.33. The molecular weight excluding hydrogens is 909 g/mol. The van der Waals surface area contributed by atoms with Crippen molar-refractivity contribution in [2.75, 3.05) is 17.7 Å². The van der Waals surface area contributed by atoms with Crippen LogP contribution in [0.25, 0.3) is 0 Å². The number of nitrogens with one attached hydrogen (secondary N) is 2. The molecule has 2 atom stereocenters. The van der Waals surface area contributed by atoms with Gasteiger partial charge in [0.05, 0.1) is 44.2 Å². The van der Waals surface area contributed by atoms with E-state index in [1.807, 2.05) is 134 Å². The van der Waals surface area contributed by atoms with Gasteiger partial charge >= 0.3 is 34.7 Å². The molecule has 0 radical (unpaired) electrons. The Bertz CT molecular complexity index is 3050. The minimum Gasteiger partial charge on any atom is -0.491 e. The van der Waals surface area contributed by atoms with Gasteiger partial charge in [-0.05, 0) is 113 Å². The van der Waals surface area contributed by atoms with Gasteiger partial charge in [0, 0.05) is 24.5 Å². The number of carbonyl (C=O) groups is 2. The highest BCUT2D eigenvalue weighted by molar-refractivity contribution is 5.71. The molecule has 378 valence electrons. The maximum Gasteiger partial charge on any atom is 0.354 e. The van der Waals surface area contributed by atoms with E-state index in [1.54, 1.807) is 13.0 Å². The molecule has 0 aliphatic carbocycles. The van der Waals surface area contributed by atoms with E-state index in [-0.39, 0.29) is 50.3 Å². The van der Waals surface area contributed by atoms with Crippen molar-refractivity contribution in [2.45, 2.75) is 120 Å². The van der Waals surface area contributed by atoms with Gasteiger partial charge in [-0.3, -0.25) is 18.7 Å². The molecule has 71 heavy (non-hydrogen) atoms. The highest BCUT2D eigenvalue weighted by Gasteiger charge is 2.22. The van der Waals surface area contributed by atoms with E-state index < -0.39 is 46.5 Å². The third kappa shape index (κ3) is 14.6. The number of esters is 1. The number of carbonyl (C=O) groups excluding carboxylic acids is 1. The molecule has 0 bridgehead atoms. The molecule has 0 aliphatic heterocycles. The summed E-state index contributed by atoms with van der Waals surface area (Å²) in [6.07, 6.45) is 1.54. The zero-order chi connectivity index (χ0) is 52.1. The number of aryl methyl sites for hydroxylation is 4. The van der Waals surface area contributed by atoms with Crippen LogP contribution in [0.1, 0.15) is 88.8 Å². The number of ether oxygens (including phenoxy) is 3. The standard InChI is InChI=1S/C27H34N4O5.C26H32N4O5/c1-7-21-14-22(12-13-23(21)36-17(2)3)28-25-29-26(33)31(15-19(5)24(32)35-6)27(34)30(25)16-20-10-8-18(4)9-11-20;1-6-20-13-21(11-12-22(20)35-16(2)3)27-24-28-25(33)30(14-18(5)23(31)32)26(34)29(24)15-19-9-7-17(4)8-10-19/h8-14,17,19H,7,15-16H2,1-6H3,(H,28,29,33);7-13,16,18H,6,14-15H2,1-5H3,(H,31,32)(H,27,28,33)/t19-;18-/m00/s1. The van der Waals surface area contributed by atoms with Crippen molar-refractivity contribution in [1.82, 2.24) is 28.2 Å². The smallest absolute Gasteiger partial charge is 0.354 e. The average molecular weight is 975 g/mol. The number of hydrogen-bond donors (Lipinski definition) is 3. The quantitative estimate of drug-likeness (QED) is 0.0643. The predicted octanol–water partition coefficient (Wildman–Crippen LogP) is 7.24. The molecule has 6 rings (SSSR count). The Labute approximate surface area is 412 Å². The van der Waals surface area contributed by atoms with Crippen LogP contribution in [-0.2, 0) is 53.3 Å². The largest absolute Gasteiger partial charge is 0.491 e. The lowest BCUT2D eigenvalue weighted by Crippen LogP contribution is -2.44. The highest BCUT2D eigenvalue weighted by Crippen LogP contribution is 2.27. The Hall–Kier alpha value is -7.76. The summed E-state index contributed by atoms with van der Waals surface area (Å²) in [6, 6.07) is 26.6. The van der Waals surface area contributed by atoms with Crippen LogP contribution >= 0.6 is 0 Å². The van der Waals surface area contributed by atoms with Crippen molar-refractivity contribution in [3.63, 3.8) is 0 Å². The number of nitrogens with zero attached hydrogens (tertiary/aromatic N) is 6. The molecule has 0 unspecified atom stereocenters. The summed E-state index contributed by atoms with van der Waals surface area (Å²) in [4.78, 5) is 84.0. The number of methoxy groups -OCH3 is 1. The van der Waals surface area contributed by atoms with Crippen LogP contribution in [0.15, 0.2) is 104 Å². The van der Waals surface area contributed by atoms with Crippen LogP contribution in [0.2, 0.25) is 0 Å². The highest BCUT2D eigenvalue weighted by atomic mass is 16.5. The SMILES string of the molecule is CCc1cc(Nc2nc(=O)n(C[C@H](C)C(=O)O)c(=O)n2Cc2ccc(C)cc2)ccc1OC(C)C.CCc1cc(Nc2nc(=O)n(C[C@H](C)C(=O)OC)c(=O)n2Cc2ccc(C)cc2)ccc1OC(C)C. The Morgan fingerprint density at radius 3 is 1.30 bits per heavy atom. The summed E-state index contributed by atoms with van der Waals surface area (Å²) in [6.45, 7) is 18.8. The molecule has 0 spiro atoms. The van der Waals surface area contributed by atoms with Gasteiger partial charge < -0.3 is 30.0 Å². The Morgan fingerprint density at radius 1 is 0.577 bits per heavy atom. The van der Waals surface area contributed by atoms with E-state index in [4.69, 9.17) is 14.2 Å². The molecule has 0 saturated carbocycles. The number of aromatic nitrogens is 6. The molecule has 0 aliphatic rings. The van der Waals surface area contributed by atoms with E-state index in [9.17, 15) is 33.9 Å². The first-order valence-electron chi connectivity index (χ1n) is 23.7. The summed E-state index contributed by atoms with van der Waals surface area (Å²) in [5.41, 5.74) is 4.43. The van der Waals surface area contributed by atoms with E-state index in [0.29, 0.717) is 11.4 Å². The number of benzene rings is 4. The predicted molar refractivity (Wildman–Crippen MR) is 274 cm³/mol. The van der Waals surface area contributed by atoms with E-state index in [1.165, 1.54) is 23.2 Å². The molecule has 3 N–H and O–H groups in total. The normalized spacial score (nSPS) is 11.9. The molecule has 0 fully saturated rings. The fourth-order valence-electron chi connectivity index (χ4n) is 7.36. The van der Waals surface area contributed by atoms with Crippen molar-refractivity contribution >= 4 is 35.2 Å². The topological polar surface area (TPSA) is 220 Å². The first-order chi connectivity index (χ1) is 33.7. The molecule has 0 amide bonds. The van der Waals surface area contributed by atoms with Crippen molar-refractivity contribution in [3.05, 3.63) is 160 Å². The molecular formula is C53H66N8O10. The molecule has 2 aromatic heterocycles. The van der Waals surface area contributed by atoms with Gasteiger partial charge in [0.2, 0.25) is 11.9 Å². The van der Waals surface area contributed by atoms with Crippen molar-refractivity contribution in [2.24, 2.45) is 11.8 Å². The molecule has 2 heterocycles. The fraction of sp³-hybridized carbons (Fsp3) is 0.396. The fourth-order valence-corrected chi connectivity index (χ4v) is 7.36. The lowest BCUT2D eigenvalue weighted by molar-refractivity contribution is -0.145. The lowest BCUT2D eigenvalue weighted by atomic mass is 10.1. The maximum absolute atomic E-state index is 13.5. The van der Waals surface area contributed by atoms with Gasteiger partial charge in [0.15, 0.2) is 0 Å². The number of rotatable bonds is 20. The van der Waals surface area contributed by atoms with Gasteiger partial charge in [-0.1, -0.05) is 87.4 Å². The molecule has 18 heteroatoms. The summed E-state index contributed by atoms with van der Waals surface area (Å²) >= 11 is 0. The van der Waals surface area contributed by atoms with Crippen LogP contribution in [0.5, 0.6) is 11.5 Å². The summed E-state index contributed by atoms with van der Waals surface area (Å²) in [5, 5.41) is 15.5. The van der Waals surface area contributed by atoms with Gasteiger partial charge in [-0.15, -0.1) is 0 Å². The van der Waals surface area contributed by atoms with Crippen LogP contribution in [0, 0.1) is 25.7 Å². The molecule has 4 aromatic carbocycles. The van der Waals surface area contributed by atoms with Crippen molar-refractivity contribution in [1.29, 1.82) is 0 Å². The number of aliphatic carboxylic acids is 1. The van der Waals surface area contributed by atoms with Gasteiger partial charge in [-0.2, -0.15) is 9.97 Å². The van der Waals surface area contributed by atoms with Crippen LogP contribution in [0.3, 0.4) is 0 Å². The molecule has 18 nitrogen and oxygen atoms in total. The summed E-state index contributed by atoms with van der Waals surface area (Å²) in [5.74, 6) is -1.45. The second kappa shape index (κ2) is 24.7. The van der Waals surface area contributed by atoms with Crippen molar-refractivity contribution in [3.8, 4) is 11.5 Å². The lowest BCUT2D eigenvalue weighted by Gasteiger charge is -2.18.